The zero-order valence-corrected chi connectivity index (χ0v) is 8.54. The summed E-state index contributed by atoms with van der Waals surface area (Å²) in [7, 11) is 0. The van der Waals surface area contributed by atoms with E-state index in [0.29, 0.717) is 5.75 Å². The molecule has 0 aromatic carbocycles. The maximum absolute atomic E-state index is 10.4. The molecule has 5 N–H and O–H groups in total. The predicted octanol–water partition coefficient (Wildman–Crippen LogP) is 0.0597. The minimum Gasteiger partial charge on any atom is -0.481 e. The maximum atomic E-state index is 10.4. The number of thioether (sulfide) groups is 1. The van der Waals surface area contributed by atoms with Gasteiger partial charge in [0.1, 0.15) is 0 Å². The fourth-order valence-electron chi connectivity index (χ4n) is 0.602. The van der Waals surface area contributed by atoms with E-state index in [1.807, 2.05) is 6.92 Å². The molecular formula is C7H15N3O2S. The van der Waals surface area contributed by atoms with Gasteiger partial charge in [-0.1, -0.05) is 6.92 Å². The fourth-order valence-corrected chi connectivity index (χ4v) is 1.51. The molecule has 13 heavy (non-hydrogen) atoms. The Labute approximate surface area is 81.6 Å². The van der Waals surface area contributed by atoms with Crippen LogP contribution in [0, 0.1) is 5.92 Å². The Morgan fingerprint density at radius 2 is 2.08 bits per heavy atom. The van der Waals surface area contributed by atoms with Gasteiger partial charge in [-0.25, -0.2) is 4.99 Å². The highest BCUT2D eigenvalue weighted by molar-refractivity contribution is 7.99. The first-order chi connectivity index (χ1) is 5.93. The van der Waals surface area contributed by atoms with Crippen molar-refractivity contribution in [2.45, 2.75) is 19.2 Å². The normalized spacial score (nSPS) is 14.6. The lowest BCUT2D eigenvalue weighted by atomic mass is 10.2. The summed E-state index contributed by atoms with van der Waals surface area (Å²) >= 11 is 1.41. The fraction of sp³-hybridized carbons (Fsp3) is 0.714. The molecule has 0 saturated heterocycles. The van der Waals surface area contributed by atoms with Crippen molar-refractivity contribution in [1.82, 2.24) is 0 Å². The van der Waals surface area contributed by atoms with Crippen LogP contribution in [0.25, 0.3) is 0 Å². The molecule has 0 amide bonds. The Hall–Kier alpha value is -0.910. The van der Waals surface area contributed by atoms with Gasteiger partial charge in [0.05, 0.1) is 11.3 Å². The third-order valence-electron chi connectivity index (χ3n) is 1.34. The lowest BCUT2D eigenvalue weighted by Crippen LogP contribution is -2.24. The molecule has 0 bridgehead atoms. The summed E-state index contributed by atoms with van der Waals surface area (Å²) in [5.74, 6) is -0.637. The number of hydrogen-bond donors (Lipinski definition) is 3. The van der Waals surface area contributed by atoms with Crippen molar-refractivity contribution in [3.63, 3.8) is 0 Å². The second-order valence-corrected chi connectivity index (χ2v) is 4.07. The number of nitrogens with two attached hydrogens (primary N) is 2. The molecule has 6 heteroatoms. The van der Waals surface area contributed by atoms with E-state index in [0.717, 1.165) is 0 Å². The van der Waals surface area contributed by atoms with Crippen LogP contribution in [0.5, 0.6) is 0 Å². The first kappa shape index (κ1) is 12.1. The van der Waals surface area contributed by atoms with E-state index in [-0.39, 0.29) is 17.3 Å². The third-order valence-corrected chi connectivity index (χ3v) is 2.62. The van der Waals surface area contributed by atoms with Crippen LogP contribution in [0.4, 0.5) is 0 Å². The highest BCUT2D eigenvalue weighted by atomic mass is 32.2. The molecule has 0 rings (SSSR count). The maximum Gasteiger partial charge on any atom is 0.307 e. The minimum atomic E-state index is -0.801. The van der Waals surface area contributed by atoms with Crippen molar-refractivity contribution in [2.75, 3.05) is 5.75 Å². The number of carboxylic acid groups (broad SMARTS) is 1. The van der Waals surface area contributed by atoms with E-state index < -0.39 is 5.97 Å². The lowest BCUT2D eigenvalue weighted by Gasteiger charge is -2.08. The predicted molar refractivity (Wildman–Crippen MR) is 54.5 cm³/mol. The summed E-state index contributed by atoms with van der Waals surface area (Å²) in [5.41, 5.74) is 10.3. The molecule has 5 nitrogen and oxygen atoms in total. The van der Waals surface area contributed by atoms with Crippen LogP contribution < -0.4 is 11.5 Å². The van der Waals surface area contributed by atoms with Crippen LogP contribution in [-0.2, 0) is 4.79 Å². The Morgan fingerprint density at radius 3 is 2.46 bits per heavy atom. The molecule has 76 valence electrons. The van der Waals surface area contributed by atoms with Gasteiger partial charge in [-0.2, -0.15) is 0 Å². The van der Waals surface area contributed by atoms with E-state index in [4.69, 9.17) is 16.6 Å². The number of carbonyl (C=O) groups is 1. The Kier molecular flexibility index (Phi) is 5.29. The summed E-state index contributed by atoms with van der Waals surface area (Å²) < 4.78 is 0. The van der Waals surface area contributed by atoms with Gasteiger partial charge >= 0.3 is 5.97 Å². The van der Waals surface area contributed by atoms with E-state index in [9.17, 15) is 4.79 Å². The van der Waals surface area contributed by atoms with Crippen molar-refractivity contribution in [2.24, 2.45) is 22.4 Å². The van der Waals surface area contributed by atoms with Gasteiger partial charge in [0.25, 0.3) is 0 Å². The lowest BCUT2D eigenvalue weighted by molar-refractivity contribution is -0.140. The zero-order valence-electron chi connectivity index (χ0n) is 7.73. The molecule has 0 aromatic rings. The molecule has 0 fully saturated rings. The van der Waals surface area contributed by atoms with Gasteiger partial charge in [-0.05, 0) is 6.92 Å². The van der Waals surface area contributed by atoms with E-state index >= 15 is 0 Å². The van der Waals surface area contributed by atoms with Crippen molar-refractivity contribution in [3.05, 3.63) is 0 Å². The first-order valence-corrected chi connectivity index (χ1v) is 4.91. The Balaban J connectivity index is 3.76. The standard InChI is InChI=1S/C7H15N3O2S/c1-4(6(11)12)3-13-5(2)10-7(8)9/h4-5H,3H2,1-2H3,(H,11,12)(H4,8,9,10). The molecule has 0 aliphatic rings. The van der Waals surface area contributed by atoms with Crippen molar-refractivity contribution in [3.8, 4) is 0 Å². The molecule has 0 saturated carbocycles. The zero-order chi connectivity index (χ0) is 10.4. The molecule has 0 spiro atoms. The smallest absolute Gasteiger partial charge is 0.307 e. The van der Waals surface area contributed by atoms with Gasteiger partial charge in [-0.3, -0.25) is 4.79 Å². The molecule has 0 heterocycles. The molecule has 0 aliphatic heterocycles. The third kappa shape index (κ3) is 6.27. The number of aliphatic imine (C=N–C) groups is 1. The summed E-state index contributed by atoms with van der Waals surface area (Å²) in [4.78, 5) is 14.3. The second kappa shape index (κ2) is 5.69. The number of hydrogen-bond acceptors (Lipinski definition) is 3. The average Bonchev–Trinajstić information content (AvgIpc) is 1.98. The number of guanidine groups is 1. The number of nitrogens with zero attached hydrogens (tertiary/aromatic N) is 1. The first-order valence-electron chi connectivity index (χ1n) is 3.86. The van der Waals surface area contributed by atoms with Crippen LogP contribution >= 0.6 is 11.8 Å². The molecule has 2 atom stereocenters. The van der Waals surface area contributed by atoms with E-state index in [1.54, 1.807) is 6.92 Å². The highest BCUT2D eigenvalue weighted by Crippen LogP contribution is 2.15. The molecule has 0 aromatic heterocycles. The van der Waals surface area contributed by atoms with Crippen molar-refractivity contribution >= 4 is 23.7 Å². The summed E-state index contributed by atoms with van der Waals surface area (Å²) in [5, 5.41) is 8.49. The quantitative estimate of drug-likeness (QED) is 0.435. The molecule has 0 aliphatic carbocycles. The van der Waals surface area contributed by atoms with E-state index in [1.165, 1.54) is 11.8 Å². The van der Waals surface area contributed by atoms with Gasteiger partial charge in [0.15, 0.2) is 5.96 Å². The molecular weight excluding hydrogens is 190 g/mol. The van der Waals surface area contributed by atoms with Gasteiger partial charge in [0, 0.05) is 5.75 Å². The number of carboxylic acids is 1. The van der Waals surface area contributed by atoms with Gasteiger partial charge in [-0.15, -0.1) is 11.8 Å². The topological polar surface area (TPSA) is 102 Å². The minimum absolute atomic E-state index is 0.0305. The van der Waals surface area contributed by atoms with Crippen molar-refractivity contribution < 1.29 is 9.90 Å². The number of aliphatic carboxylic acids is 1. The van der Waals surface area contributed by atoms with E-state index in [2.05, 4.69) is 4.99 Å². The summed E-state index contributed by atoms with van der Waals surface area (Å²) in [6.45, 7) is 3.47. The van der Waals surface area contributed by atoms with Crippen LogP contribution in [-0.4, -0.2) is 28.2 Å². The summed E-state index contributed by atoms with van der Waals surface area (Å²) in [6, 6.07) is 0. The highest BCUT2D eigenvalue weighted by Gasteiger charge is 2.12. The van der Waals surface area contributed by atoms with Crippen LogP contribution in [0.15, 0.2) is 4.99 Å². The molecule has 0 radical (unpaired) electrons. The average molecular weight is 205 g/mol. The summed E-state index contributed by atoms with van der Waals surface area (Å²) in [6.07, 6.45) is 0. The van der Waals surface area contributed by atoms with Crippen LogP contribution in [0.1, 0.15) is 13.8 Å². The SMILES string of the molecule is CC(N=C(N)N)SCC(C)C(=O)O. The van der Waals surface area contributed by atoms with Gasteiger partial charge in [0.2, 0.25) is 0 Å². The van der Waals surface area contributed by atoms with Crippen LogP contribution in [0.2, 0.25) is 0 Å². The Morgan fingerprint density at radius 1 is 1.54 bits per heavy atom. The van der Waals surface area contributed by atoms with Gasteiger partial charge < -0.3 is 16.6 Å². The monoisotopic (exact) mass is 205 g/mol. The van der Waals surface area contributed by atoms with Crippen molar-refractivity contribution in [1.29, 1.82) is 0 Å². The second-order valence-electron chi connectivity index (χ2n) is 2.73. The largest absolute Gasteiger partial charge is 0.481 e. The number of rotatable bonds is 5. The van der Waals surface area contributed by atoms with Crippen LogP contribution in [0.3, 0.4) is 0 Å². The Bertz CT molecular complexity index is 204. The molecule has 2 unspecified atom stereocenters.